The average Bonchev–Trinajstić information content (AvgIpc) is 1.87. The summed E-state index contributed by atoms with van der Waals surface area (Å²) in [6, 6.07) is 0. The van der Waals surface area contributed by atoms with E-state index in [1.54, 1.807) is 0 Å². The quantitative estimate of drug-likeness (QED) is 0.402. The smallest absolute Gasteiger partial charge is 0.0290 e. The molecule has 0 fully saturated rings. The second kappa shape index (κ2) is 6.85. The molecule has 0 aromatic heterocycles. The number of rotatable bonds is 5. The SMILES string of the molecule is CCCCCC=CC(C)C. The van der Waals surface area contributed by atoms with Crippen LogP contribution in [0.25, 0.3) is 0 Å². The van der Waals surface area contributed by atoms with Crippen LogP contribution in [0.1, 0.15) is 46.5 Å². The molecule has 0 amide bonds. The van der Waals surface area contributed by atoms with Crippen molar-refractivity contribution < 1.29 is 0 Å². The van der Waals surface area contributed by atoms with Crippen LogP contribution in [-0.2, 0) is 0 Å². The fraction of sp³-hybridized carbons (Fsp3) is 0.800. The standard InChI is InChI=1S/C10H20/c1-4-5-6-7-8-9-10(2)3/h8-10H,4-7H2,1-3H3. The van der Waals surface area contributed by atoms with Crippen LogP contribution in [-0.4, -0.2) is 0 Å². The van der Waals surface area contributed by atoms with Gasteiger partial charge < -0.3 is 0 Å². The Morgan fingerprint density at radius 1 is 1.20 bits per heavy atom. The topological polar surface area (TPSA) is 0 Å². The van der Waals surface area contributed by atoms with Crippen LogP contribution in [0.3, 0.4) is 0 Å². The third kappa shape index (κ3) is 7.74. The summed E-state index contributed by atoms with van der Waals surface area (Å²) in [6.07, 6.45) is 9.93. The van der Waals surface area contributed by atoms with Crippen LogP contribution < -0.4 is 0 Å². The molecular weight excluding hydrogens is 120 g/mol. The molecule has 0 nitrogen and oxygen atoms in total. The highest BCUT2D eigenvalue weighted by Crippen LogP contribution is 2.01. The Morgan fingerprint density at radius 2 is 1.90 bits per heavy atom. The molecule has 0 aliphatic rings. The lowest BCUT2D eigenvalue weighted by Gasteiger charge is -1.94. The van der Waals surface area contributed by atoms with Crippen molar-refractivity contribution in [2.24, 2.45) is 5.92 Å². The van der Waals surface area contributed by atoms with Gasteiger partial charge in [-0.1, -0.05) is 45.8 Å². The van der Waals surface area contributed by atoms with Gasteiger partial charge in [0.15, 0.2) is 0 Å². The van der Waals surface area contributed by atoms with E-state index in [9.17, 15) is 0 Å². The predicted octanol–water partition coefficient (Wildman–Crippen LogP) is 3.78. The lowest BCUT2D eigenvalue weighted by molar-refractivity contribution is 0.723. The molecule has 0 unspecified atom stereocenters. The monoisotopic (exact) mass is 140 g/mol. The van der Waals surface area contributed by atoms with Gasteiger partial charge in [0.1, 0.15) is 0 Å². The summed E-state index contributed by atoms with van der Waals surface area (Å²) >= 11 is 0. The van der Waals surface area contributed by atoms with Gasteiger partial charge in [0.2, 0.25) is 0 Å². The average molecular weight is 140 g/mol. The van der Waals surface area contributed by atoms with Crippen molar-refractivity contribution in [3.63, 3.8) is 0 Å². The van der Waals surface area contributed by atoms with Crippen LogP contribution in [0.5, 0.6) is 0 Å². The molecule has 0 saturated heterocycles. The fourth-order valence-corrected chi connectivity index (χ4v) is 0.881. The van der Waals surface area contributed by atoms with Gasteiger partial charge in [-0.2, -0.15) is 0 Å². The second-order valence-corrected chi connectivity index (χ2v) is 3.17. The van der Waals surface area contributed by atoms with Gasteiger partial charge in [-0.05, 0) is 18.8 Å². The lowest BCUT2D eigenvalue weighted by atomic mass is 10.1. The molecule has 10 heavy (non-hydrogen) atoms. The first kappa shape index (κ1) is 9.74. The normalized spacial score (nSPS) is 11.6. The maximum absolute atomic E-state index is 2.31. The minimum absolute atomic E-state index is 0.724. The summed E-state index contributed by atoms with van der Waals surface area (Å²) in [5, 5.41) is 0. The van der Waals surface area contributed by atoms with Crippen molar-refractivity contribution in [1.82, 2.24) is 0 Å². The third-order valence-electron chi connectivity index (χ3n) is 1.50. The van der Waals surface area contributed by atoms with E-state index in [4.69, 9.17) is 0 Å². The van der Waals surface area contributed by atoms with Crippen LogP contribution >= 0.6 is 0 Å². The van der Waals surface area contributed by atoms with Crippen molar-refractivity contribution in [3.8, 4) is 0 Å². The van der Waals surface area contributed by atoms with E-state index in [1.165, 1.54) is 25.7 Å². The highest BCUT2D eigenvalue weighted by molar-refractivity contribution is 4.83. The Kier molecular flexibility index (Phi) is 6.68. The molecule has 0 aromatic rings. The number of hydrogen-bond donors (Lipinski definition) is 0. The Labute approximate surface area is 65.3 Å². The molecule has 0 heterocycles. The maximum Gasteiger partial charge on any atom is -0.0290 e. The highest BCUT2D eigenvalue weighted by atomic mass is 13.9. The summed E-state index contributed by atoms with van der Waals surface area (Å²) in [4.78, 5) is 0. The molecule has 0 rings (SSSR count). The second-order valence-electron chi connectivity index (χ2n) is 3.17. The first-order valence-corrected chi connectivity index (χ1v) is 4.44. The van der Waals surface area contributed by atoms with Crippen molar-refractivity contribution in [2.75, 3.05) is 0 Å². The minimum Gasteiger partial charge on any atom is -0.0883 e. The molecule has 0 aliphatic carbocycles. The number of allylic oxidation sites excluding steroid dienone is 2. The van der Waals surface area contributed by atoms with Crippen LogP contribution in [0, 0.1) is 5.92 Å². The molecule has 0 heteroatoms. The summed E-state index contributed by atoms with van der Waals surface area (Å²) in [6.45, 7) is 6.68. The molecule has 0 saturated carbocycles. The molecular formula is C10H20. The van der Waals surface area contributed by atoms with Crippen LogP contribution in [0.15, 0.2) is 12.2 Å². The lowest BCUT2D eigenvalue weighted by Crippen LogP contribution is -1.77. The highest BCUT2D eigenvalue weighted by Gasteiger charge is 1.83. The van der Waals surface area contributed by atoms with E-state index in [1.807, 2.05) is 0 Å². The number of hydrogen-bond acceptors (Lipinski definition) is 0. The van der Waals surface area contributed by atoms with Crippen molar-refractivity contribution in [2.45, 2.75) is 46.5 Å². The molecule has 0 atom stereocenters. The molecule has 0 aromatic carbocycles. The Morgan fingerprint density at radius 3 is 2.40 bits per heavy atom. The van der Waals surface area contributed by atoms with Crippen molar-refractivity contribution >= 4 is 0 Å². The molecule has 0 spiro atoms. The summed E-state index contributed by atoms with van der Waals surface area (Å²) in [5.41, 5.74) is 0. The third-order valence-corrected chi connectivity index (χ3v) is 1.50. The van der Waals surface area contributed by atoms with E-state index in [0.717, 1.165) is 5.92 Å². The minimum atomic E-state index is 0.724. The van der Waals surface area contributed by atoms with E-state index in [0.29, 0.717) is 0 Å². The Hall–Kier alpha value is -0.260. The Bertz CT molecular complexity index is 80.0. The van der Waals surface area contributed by atoms with Crippen LogP contribution in [0.4, 0.5) is 0 Å². The van der Waals surface area contributed by atoms with Gasteiger partial charge in [-0.25, -0.2) is 0 Å². The van der Waals surface area contributed by atoms with Crippen LogP contribution in [0.2, 0.25) is 0 Å². The zero-order chi connectivity index (χ0) is 7.82. The maximum atomic E-state index is 2.31. The zero-order valence-corrected chi connectivity index (χ0v) is 7.56. The summed E-state index contributed by atoms with van der Waals surface area (Å²) in [7, 11) is 0. The van der Waals surface area contributed by atoms with E-state index < -0.39 is 0 Å². The molecule has 60 valence electrons. The predicted molar refractivity (Wildman–Crippen MR) is 48.1 cm³/mol. The first-order valence-electron chi connectivity index (χ1n) is 4.44. The van der Waals surface area contributed by atoms with Crippen molar-refractivity contribution in [1.29, 1.82) is 0 Å². The molecule has 0 bridgehead atoms. The molecule has 0 aliphatic heterocycles. The van der Waals surface area contributed by atoms with E-state index in [2.05, 4.69) is 32.9 Å². The van der Waals surface area contributed by atoms with Crippen molar-refractivity contribution in [3.05, 3.63) is 12.2 Å². The number of unbranched alkanes of at least 4 members (excludes halogenated alkanes) is 3. The van der Waals surface area contributed by atoms with Gasteiger partial charge in [0, 0.05) is 0 Å². The van der Waals surface area contributed by atoms with Gasteiger partial charge >= 0.3 is 0 Å². The van der Waals surface area contributed by atoms with Gasteiger partial charge in [-0.3, -0.25) is 0 Å². The van der Waals surface area contributed by atoms with Gasteiger partial charge in [0.05, 0.1) is 0 Å². The van der Waals surface area contributed by atoms with Gasteiger partial charge in [0.25, 0.3) is 0 Å². The molecule has 0 N–H and O–H groups in total. The molecule has 0 radical (unpaired) electrons. The fourth-order valence-electron chi connectivity index (χ4n) is 0.881. The summed E-state index contributed by atoms with van der Waals surface area (Å²) < 4.78 is 0. The van der Waals surface area contributed by atoms with Gasteiger partial charge in [-0.15, -0.1) is 0 Å². The first-order chi connectivity index (χ1) is 4.77. The Balaban J connectivity index is 3.02. The zero-order valence-electron chi connectivity index (χ0n) is 7.56. The van der Waals surface area contributed by atoms with E-state index >= 15 is 0 Å². The largest absolute Gasteiger partial charge is 0.0883 e. The van der Waals surface area contributed by atoms with E-state index in [-0.39, 0.29) is 0 Å². The summed E-state index contributed by atoms with van der Waals surface area (Å²) in [5.74, 6) is 0.724.